The second-order valence-corrected chi connectivity index (χ2v) is 4.71. The number of ether oxygens (including phenoxy) is 2. The average molecular weight is 235 g/mol. The maximum absolute atomic E-state index is 5.93. The average Bonchev–Trinajstić information content (AvgIpc) is 2.29. The number of nitrogens with two attached hydrogens (primary N) is 1. The lowest BCUT2D eigenvalue weighted by atomic mass is 9.86. The molecule has 0 aliphatic heterocycles. The van der Waals surface area contributed by atoms with E-state index < -0.39 is 0 Å². The summed E-state index contributed by atoms with van der Waals surface area (Å²) in [5, 5.41) is 0. The van der Waals surface area contributed by atoms with Crippen molar-refractivity contribution in [1.82, 2.24) is 0 Å². The first-order valence-corrected chi connectivity index (χ1v) is 6.31. The lowest BCUT2D eigenvalue weighted by molar-refractivity contribution is -0.0980. The molecule has 3 atom stereocenters. The van der Waals surface area contributed by atoms with E-state index in [1.165, 1.54) is 5.56 Å². The van der Waals surface area contributed by atoms with Crippen molar-refractivity contribution < 1.29 is 9.47 Å². The predicted octanol–water partition coefficient (Wildman–Crippen LogP) is 2.27. The zero-order valence-electron chi connectivity index (χ0n) is 10.6. The first kappa shape index (κ1) is 12.4. The lowest BCUT2D eigenvalue weighted by Crippen LogP contribution is -2.59. The van der Waals surface area contributed by atoms with E-state index in [9.17, 15) is 0 Å². The molecular weight excluding hydrogens is 214 g/mol. The van der Waals surface area contributed by atoms with E-state index in [1.54, 1.807) is 0 Å². The van der Waals surface area contributed by atoms with Gasteiger partial charge in [0.2, 0.25) is 0 Å². The van der Waals surface area contributed by atoms with Gasteiger partial charge in [0.1, 0.15) is 18.0 Å². The first-order chi connectivity index (χ1) is 8.20. The van der Waals surface area contributed by atoms with Crippen LogP contribution in [0.1, 0.15) is 25.3 Å². The second-order valence-electron chi connectivity index (χ2n) is 4.71. The molecule has 0 saturated heterocycles. The van der Waals surface area contributed by atoms with Gasteiger partial charge in [-0.25, -0.2) is 0 Å². The van der Waals surface area contributed by atoms with E-state index >= 15 is 0 Å². The van der Waals surface area contributed by atoms with Crippen LogP contribution in [0.4, 0.5) is 0 Å². The van der Waals surface area contributed by atoms with Crippen LogP contribution in [0.3, 0.4) is 0 Å². The third-order valence-electron chi connectivity index (χ3n) is 3.08. The van der Waals surface area contributed by atoms with Crippen molar-refractivity contribution in [2.45, 2.75) is 44.9 Å². The van der Waals surface area contributed by atoms with E-state index in [0.29, 0.717) is 0 Å². The number of aryl methyl sites for hydroxylation is 1. The van der Waals surface area contributed by atoms with E-state index in [2.05, 4.69) is 19.9 Å². The molecule has 0 amide bonds. The van der Waals surface area contributed by atoms with Gasteiger partial charge in [0.15, 0.2) is 0 Å². The summed E-state index contributed by atoms with van der Waals surface area (Å²) in [7, 11) is 0. The molecule has 1 aliphatic carbocycles. The van der Waals surface area contributed by atoms with Crippen LogP contribution in [0.15, 0.2) is 24.3 Å². The van der Waals surface area contributed by atoms with Gasteiger partial charge in [0.05, 0.1) is 0 Å². The number of hydrogen-bond acceptors (Lipinski definition) is 3. The fraction of sp³-hybridized carbons (Fsp3) is 0.571. The van der Waals surface area contributed by atoms with Crippen LogP contribution in [-0.4, -0.2) is 24.9 Å². The van der Waals surface area contributed by atoms with Crippen molar-refractivity contribution in [3.8, 4) is 5.75 Å². The van der Waals surface area contributed by atoms with E-state index in [-0.39, 0.29) is 18.2 Å². The maximum atomic E-state index is 5.93. The topological polar surface area (TPSA) is 44.5 Å². The van der Waals surface area contributed by atoms with Gasteiger partial charge in [-0.3, -0.25) is 0 Å². The minimum atomic E-state index is 0.0514. The number of rotatable bonds is 5. The third-order valence-corrected chi connectivity index (χ3v) is 3.08. The zero-order chi connectivity index (χ0) is 12.3. The van der Waals surface area contributed by atoms with Crippen LogP contribution in [0.5, 0.6) is 5.75 Å². The Morgan fingerprint density at radius 3 is 2.88 bits per heavy atom. The normalized spacial score (nSPS) is 27.6. The fourth-order valence-electron chi connectivity index (χ4n) is 2.08. The molecule has 17 heavy (non-hydrogen) atoms. The molecule has 0 aromatic heterocycles. The van der Waals surface area contributed by atoms with Crippen molar-refractivity contribution in [3.63, 3.8) is 0 Å². The molecule has 1 aliphatic rings. The summed E-state index contributed by atoms with van der Waals surface area (Å²) in [5.41, 5.74) is 7.14. The lowest BCUT2D eigenvalue weighted by Gasteiger charge is -2.41. The minimum absolute atomic E-state index is 0.0514. The molecule has 0 bridgehead atoms. The molecule has 0 radical (unpaired) electrons. The smallest absolute Gasteiger partial charge is 0.128 e. The molecule has 1 fully saturated rings. The van der Waals surface area contributed by atoms with Gasteiger partial charge in [-0.2, -0.15) is 0 Å². The Hall–Kier alpha value is -1.06. The van der Waals surface area contributed by atoms with Gasteiger partial charge >= 0.3 is 0 Å². The Balaban J connectivity index is 1.91. The quantitative estimate of drug-likeness (QED) is 0.851. The highest BCUT2D eigenvalue weighted by Gasteiger charge is 2.41. The largest absolute Gasteiger partial charge is 0.488 e. The molecule has 3 nitrogen and oxygen atoms in total. The van der Waals surface area contributed by atoms with Gasteiger partial charge in [0.25, 0.3) is 0 Å². The summed E-state index contributed by atoms with van der Waals surface area (Å²) in [4.78, 5) is 0. The highest BCUT2D eigenvalue weighted by atomic mass is 16.5. The maximum Gasteiger partial charge on any atom is 0.128 e. The first-order valence-electron chi connectivity index (χ1n) is 6.31. The van der Waals surface area contributed by atoms with Crippen LogP contribution in [-0.2, 0) is 4.74 Å². The van der Waals surface area contributed by atoms with Crippen LogP contribution >= 0.6 is 0 Å². The highest BCUT2D eigenvalue weighted by molar-refractivity contribution is 5.28. The molecular formula is C14H21NO2. The molecule has 2 rings (SSSR count). The molecule has 1 saturated carbocycles. The SMILES string of the molecule is CCCOC1C(N)CC1Oc1cccc(C)c1. The van der Waals surface area contributed by atoms with Crippen molar-refractivity contribution in [1.29, 1.82) is 0 Å². The Kier molecular flexibility index (Phi) is 4.02. The summed E-state index contributed by atoms with van der Waals surface area (Å²) < 4.78 is 11.6. The van der Waals surface area contributed by atoms with Crippen molar-refractivity contribution in [3.05, 3.63) is 29.8 Å². The molecule has 2 N–H and O–H groups in total. The summed E-state index contributed by atoms with van der Waals surface area (Å²) in [6.45, 7) is 4.91. The Bertz CT molecular complexity index is 367. The Morgan fingerprint density at radius 1 is 1.41 bits per heavy atom. The van der Waals surface area contributed by atoms with Crippen molar-refractivity contribution in [2.75, 3.05) is 6.61 Å². The number of hydrogen-bond donors (Lipinski definition) is 1. The minimum Gasteiger partial charge on any atom is -0.488 e. The van der Waals surface area contributed by atoms with Gasteiger partial charge in [0, 0.05) is 19.1 Å². The summed E-state index contributed by atoms with van der Waals surface area (Å²) in [5.74, 6) is 0.909. The molecule has 0 spiro atoms. The van der Waals surface area contributed by atoms with Crippen LogP contribution < -0.4 is 10.5 Å². The van der Waals surface area contributed by atoms with Gasteiger partial charge in [-0.05, 0) is 31.0 Å². The third kappa shape index (κ3) is 2.99. The van der Waals surface area contributed by atoms with E-state index in [4.69, 9.17) is 15.2 Å². The Labute approximate surface area is 103 Å². The summed E-state index contributed by atoms with van der Waals surface area (Å²) in [6.07, 6.45) is 2.05. The molecule has 1 aromatic carbocycles. The monoisotopic (exact) mass is 235 g/mol. The fourth-order valence-corrected chi connectivity index (χ4v) is 2.08. The highest BCUT2D eigenvalue weighted by Crippen LogP contribution is 2.28. The summed E-state index contributed by atoms with van der Waals surface area (Å²) >= 11 is 0. The van der Waals surface area contributed by atoms with Crippen LogP contribution in [0, 0.1) is 6.92 Å². The summed E-state index contributed by atoms with van der Waals surface area (Å²) in [6, 6.07) is 8.21. The zero-order valence-corrected chi connectivity index (χ0v) is 10.6. The second kappa shape index (κ2) is 5.52. The van der Waals surface area contributed by atoms with E-state index in [1.807, 2.05) is 18.2 Å². The molecule has 94 valence electrons. The molecule has 0 heterocycles. The Morgan fingerprint density at radius 2 is 2.24 bits per heavy atom. The van der Waals surface area contributed by atoms with Crippen molar-refractivity contribution in [2.24, 2.45) is 5.73 Å². The van der Waals surface area contributed by atoms with Gasteiger partial charge < -0.3 is 15.2 Å². The molecule has 3 unspecified atom stereocenters. The van der Waals surface area contributed by atoms with Crippen molar-refractivity contribution >= 4 is 0 Å². The van der Waals surface area contributed by atoms with Gasteiger partial charge in [-0.1, -0.05) is 19.1 Å². The number of benzene rings is 1. The predicted molar refractivity (Wildman–Crippen MR) is 68.2 cm³/mol. The van der Waals surface area contributed by atoms with Crippen LogP contribution in [0.25, 0.3) is 0 Å². The van der Waals surface area contributed by atoms with Crippen LogP contribution in [0.2, 0.25) is 0 Å². The molecule has 3 heteroatoms. The van der Waals surface area contributed by atoms with Gasteiger partial charge in [-0.15, -0.1) is 0 Å². The van der Waals surface area contributed by atoms with E-state index in [0.717, 1.165) is 25.2 Å². The standard InChI is InChI=1S/C14H21NO2/c1-3-7-16-14-12(15)9-13(14)17-11-6-4-5-10(2)8-11/h4-6,8,12-14H,3,7,9,15H2,1-2H3. The molecule has 1 aromatic rings.